The number of nitrogens with zero attached hydrogens (tertiary/aromatic N) is 3. The second kappa shape index (κ2) is 7.31. The van der Waals surface area contributed by atoms with Crippen LogP contribution in [-0.4, -0.2) is 56.9 Å². The molecule has 5 heterocycles. The summed E-state index contributed by atoms with van der Waals surface area (Å²) in [6.07, 6.45) is 5.24. The Kier molecular flexibility index (Phi) is 4.80. The number of piperidine rings is 1. The molecule has 1 amide bonds. The van der Waals surface area contributed by atoms with Crippen LogP contribution in [0.3, 0.4) is 0 Å². The minimum Gasteiger partial charge on any atom is -0.376 e. The Labute approximate surface area is 173 Å². The molecule has 4 aliphatic heterocycles. The number of carbonyl (C=O) groups is 1. The second-order valence-corrected chi connectivity index (χ2v) is 9.74. The van der Waals surface area contributed by atoms with E-state index < -0.39 is 0 Å². The van der Waals surface area contributed by atoms with Crippen molar-refractivity contribution in [3.05, 3.63) is 45.4 Å². The van der Waals surface area contributed by atoms with Crippen LogP contribution in [0.2, 0.25) is 0 Å². The summed E-state index contributed by atoms with van der Waals surface area (Å²) in [5.74, 6) is 0.757. The SMILES string of the molecule is O=C1/C(=C/N2C[C@H]3C[C@@H](C2)c2cccc(=O)n2C3)SC(=S)N1C[C@@H]1CCCO1. The molecule has 148 valence electrons. The van der Waals surface area contributed by atoms with E-state index in [1.165, 1.54) is 11.8 Å². The third kappa shape index (κ3) is 3.31. The number of pyridine rings is 1. The molecular formula is C20H23N3O3S2. The van der Waals surface area contributed by atoms with E-state index in [9.17, 15) is 9.59 Å². The fourth-order valence-corrected chi connectivity index (χ4v) is 6.13. The van der Waals surface area contributed by atoms with Crippen molar-refractivity contribution in [1.82, 2.24) is 14.4 Å². The van der Waals surface area contributed by atoms with Crippen molar-refractivity contribution in [3.63, 3.8) is 0 Å². The summed E-state index contributed by atoms with van der Waals surface area (Å²) >= 11 is 6.85. The molecule has 0 unspecified atom stereocenters. The number of amides is 1. The van der Waals surface area contributed by atoms with Gasteiger partial charge in [0.1, 0.15) is 4.32 Å². The van der Waals surface area contributed by atoms with Gasteiger partial charge in [-0.2, -0.15) is 0 Å². The number of hydrogen-bond acceptors (Lipinski definition) is 6. The van der Waals surface area contributed by atoms with Crippen LogP contribution in [0.1, 0.15) is 30.9 Å². The highest BCUT2D eigenvalue weighted by molar-refractivity contribution is 8.26. The van der Waals surface area contributed by atoms with Crippen molar-refractivity contribution < 1.29 is 9.53 Å². The molecule has 5 rings (SSSR count). The van der Waals surface area contributed by atoms with Crippen LogP contribution in [0.25, 0.3) is 0 Å². The molecule has 28 heavy (non-hydrogen) atoms. The Morgan fingerprint density at radius 1 is 1.25 bits per heavy atom. The molecular weight excluding hydrogens is 394 g/mol. The number of aromatic nitrogens is 1. The Bertz CT molecular complexity index is 906. The van der Waals surface area contributed by atoms with Crippen molar-refractivity contribution >= 4 is 34.2 Å². The van der Waals surface area contributed by atoms with Gasteiger partial charge in [-0.15, -0.1) is 0 Å². The van der Waals surface area contributed by atoms with Crippen LogP contribution in [0.15, 0.2) is 34.1 Å². The molecule has 0 aromatic carbocycles. The van der Waals surface area contributed by atoms with E-state index in [0.717, 1.165) is 51.2 Å². The third-order valence-corrected chi connectivity index (χ3v) is 7.46. The summed E-state index contributed by atoms with van der Waals surface area (Å²) in [5.41, 5.74) is 1.21. The van der Waals surface area contributed by atoms with Crippen LogP contribution in [0.4, 0.5) is 0 Å². The lowest BCUT2D eigenvalue weighted by atomic mass is 9.83. The first kappa shape index (κ1) is 18.4. The molecule has 0 radical (unpaired) electrons. The van der Waals surface area contributed by atoms with Gasteiger partial charge in [0, 0.05) is 50.1 Å². The lowest BCUT2D eigenvalue weighted by Gasteiger charge is -2.42. The Hall–Kier alpha value is -1.64. The van der Waals surface area contributed by atoms with Crippen LogP contribution in [0.5, 0.6) is 0 Å². The first-order valence-electron chi connectivity index (χ1n) is 9.89. The Morgan fingerprint density at radius 2 is 2.14 bits per heavy atom. The predicted octanol–water partition coefficient (Wildman–Crippen LogP) is 2.15. The quantitative estimate of drug-likeness (QED) is 0.555. The van der Waals surface area contributed by atoms with Gasteiger partial charge in [0.15, 0.2) is 0 Å². The van der Waals surface area contributed by atoms with Crippen molar-refractivity contribution in [2.24, 2.45) is 5.92 Å². The average molecular weight is 418 g/mol. The molecule has 6 nitrogen and oxygen atoms in total. The van der Waals surface area contributed by atoms with Gasteiger partial charge < -0.3 is 14.2 Å². The fraction of sp³-hybridized carbons (Fsp3) is 0.550. The normalized spacial score (nSPS) is 31.0. The molecule has 2 bridgehead atoms. The monoisotopic (exact) mass is 417 g/mol. The number of carbonyl (C=O) groups excluding carboxylic acids is 1. The van der Waals surface area contributed by atoms with Crippen molar-refractivity contribution in [2.45, 2.75) is 37.8 Å². The molecule has 3 atom stereocenters. The highest BCUT2D eigenvalue weighted by Gasteiger charge is 2.37. The van der Waals surface area contributed by atoms with Gasteiger partial charge in [-0.1, -0.05) is 30.0 Å². The smallest absolute Gasteiger partial charge is 0.267 e. The van der Waals surface area contributed by atoms with E-state index in [2.05, 4.69) is 11.0 Å². The summed E-state index contributed by atoms with van der Waals surface area (Å²) in [5, 5.41) is 0. The zero-order valence-corrected chi connectivity index (χ0v) is 17.2. The second-order valence-electron chi connectivity index (χ2n) is 8.06. The zero-order chi connectivity index (χ0) is 19.3. The Morgan fingerprint density at radius 3 is 2.96 bits per heavy atom. The first-order chi connectivity index (χ1) is 13.6. The molecule has 0 spiro atoms. The van der Waals surface area contributed by atoms with E-state index in [1.54, 1.807) is 11.0 Å². The number of rotatable bonds is 3. The molecule has 0 aliphatic carbocycles. The van der Waals surface area contributed by atoms with Crippen LogP contribution >= 0.6 is 24.0 Å². The number of hydrogen-bond donors (Lipinski definition) is 0. The van der Waals surface area contributed by atoms with Gasteiger partial charge in [0.2, 0.25) is 0 Å². The van der Waals surface area contributed by atoms with E-state index in [1.807, 2.05) is 16.8 Å². The van der Waals surface area contributed by atoms with Gasteiger partial charge in [-0.3, -0.25) is 14.5 Å². The molecule has 0 N–H and O–H groups in total. The number of ether oxygens (including phenoxy) is 1. The van der Waals surface area contributed by atoms with Gasteiger partial charge in [0.25, 0.3) is 11.5 Å². The van der Waals surface area contributed by atoms with Crippen molar-refractivity contribution in [2.75, 3.05) is 26.2 Å². The average Bonchev–Trinajstić information content (AvgIpc) is 3.27. The maximum Gasteiger partial charge on any atom is 0.267 e. The summed E-state index contributed by atoms with van der Waals surface area (Å²) in [7, 11) is 0. The minimum absolute atomic E-state index is 0.00199. The molecule has 0 saturated carbocycles. The topological polar surface area (TPSA) is 54.8 Å². The van der Waals surface area contributed by atoms with Gasteiger partial charge in [-0.25, -0.2) is 0 Å². The van der Waals surface area contributed by atoms with E-state index in [-0.39, 0.29) is 17.6 Å². The lowest BCUT2D eigenvalue weighted by molar-refractivity contribution is -0.123. The largest absolute Gasteiger partial charge is 0.376 e. The first-order valence-corrected chi connectivity index (χ1v) is 11.1. The number of likely N-dealkylation sites (tertiary alicyclic amines) is 1. The van der Waals surface area contributed by atoms with Crippen molar-refractivity contribution in [1.29, 1.82) is 0 Å². The molecule has 1 aromatic rings. The maximum atomic E-state index is 12.9. The summed E-state index contributed by atoms with van der Waals surface area (Å²) in [6, 6.07) is 5.55. The van der Waals surface area contributed by atoms with Gasteiger partial charge >= 0.3 is 0 Å². The molecule has 3 fully saturated rings. The number of thioether (sulfide) groups is 1. The molecule has 8 heteroatoms. The predicted molar refractivity (Wildman–Crippen MR) is 112 cm³/mol. The fourth-order valence-electron chi connectivity index (χ4n) is 4.84. The third-order valence-electron chi connectivity index (χ3n) is 6.09. The van der Waals surface area contributed by atoms with Crippen LogP contribution in [0, 0.1) is 5.92 Å². The van der Waals surface area contributed by atoms with Crippen molar-refractivity contribution in [3.8, 4) is 0 Å². The van der Waals surface area contributed by atoms with Gasteiger partial charge in [-0.05, 0) is 31.2 Å². The molecule has 4 aliphatic rings. The highest BCUT2D eigenvalue weighted by Crippen LogP contribution is 2.37. The minimum atomic E-state index is -0.00199. The molecule has 1 aromatic heterocycles. The molecule has 3 saturated heterocycles. The van der Waals surface area contributed by atoms with E-state index >= 15 is 0 Å². The van der Waals surface area contributed by atoms with E-state index in [0.29, 0.717) is 27.6 Å². The van der Waals surface area contributed by atoms with Crippen LogP contribution < -0.4 is 5.56 Å². The standard InChI is InChI=1S/C20H23N3O3S2/c24-18-5-1-4-16-14-7-13(9-22(16)18)8-21(10-14)12-17-19(25)23(20(27)28-17)11-15-3-2-6-26-15/h1,4-5,12-15H,2-3,6-11H2/b17-12-/t13-,14+,15+/m1/s1. The summed E-state index contributed by atoms with van der Waals surface area (Å²) < 4.78 is 8.22. The Balaban J connectivity index is 1.32. The number of fused-ring (bicyclic) bond motifs is 4. The number of thiocarbonyl (C=S) groups is 1. The summed E-state index contributed by atoms with van der Waals surface area (Å²) in [4.78, 5) is 29.7. The maximum absolute atomic E-state index is 12.9. The summed E-state index contributed by atoms with van der Waals surface area (Å²) in [6.45, 7) is 3.79. The highest BCUT2D eigenvalue weighted by atomic mass is 32.2. The van der Waals surface area contributed by atoms with Gasteiger partial charge in [0.05, 0.1) is 17.6 Å². The van der Waals surface area contributed by atoms with E-state index in [4.69, 9.17) is 17.0 Å². The lowest BCUT2D eigenvalue weighted by Crippen LogP contribution is -2.45. The van der Waals surface area contributed by atoms with Crippen LogP contribution in [-0.2, 0) is 16.1 Å². The zero-order valence-electron chi connectivity index (χ0n) is 15.6.